The molecule has 3 N–H and O–H groups in total. The van der Waals surface area contributed by atoms with Gasteiger partial charge in [0.05, 0.1) is 12.6 Å². The largest absolute Gasteiger partial charge is 0.418 e. The summed E-state index contributed by atoms with van der Waals surface area (Å²) in [5.74, 6) is -0.477. The average molecular weight is 352 g/mol. The van der Waals surface area contributed by atoms with Crippen molar-refractivity contribution in [2.24, 2.45) is 0 Å². The standard InChI is InChI=1S/C11H20N4O7S/c1-12-5-2-6-21-13-10(16)9-4-3-8-7-14(9)11(17)15(8)22-23(18,19)20/h8-9,12H,2-7H2,1H3,(H,13,16)(H,18,19,20)/t8?,9-/m0/s1. The first kappa shape index (κ1) is 17.9. The lowest BCUT2D eigenvalue weighted by molar-refractivity contribution is -0.138. The van der Waals surface area contributed by atoms with Crippen molar-refractivity contribution >= 4 is 22.3 Å². The lowest BCUT2D eigenvalue weighted by Gasteiger charge is -2.28. The van der Waals surface area contributed by atoms with Crippen LogP contribution in [0.4, 0.5) is 4.79 Å². The Hall–Kier alpha value is -1.47. The normalized spacial score (nSPS) is 24.2. The number of fused-ring (bicyclic) bond motifs is 2. The van der Waals surface area contributed by atoms with Gasteiger partial charge in [0.25, 0.3) is 5.91 Å². The molecule has 0 aromatic rings. The van der Waals surface area contributed by atoms with Gasteiger partial charge in [0.2, 0.25) is 0 Å². The molecule has 2 atom stereocenters. The number of amides is 3. The molecule has 2 saturated heterocycles. The predicted molar refractivity (Wildman–Crippen MR) is 76.0 cm³/mol. The smallest absolute Gasteiger partial charge is 0.320 e. The Bertz CT molecular complexity index is 555. The van der Waals surface area contributed by atoms with Crippen molar-refractivity contribution in [2.45, 2.75) is 31.3 Å². The van der Waals surface area contributed by atoms with E-state index in [2.05, 4.69) is 15.1 Å². The fourth-order valence-corrected chi connectivity index (χ4v) is 3.00. The number of carbonyl (C=O) groups excluding carboxylic acids is 2. The molecular formula is C11H20N4O7S. The highest BCUT2D eigenvalue weighted by atomic mass is 32.3. The first-order valence-corrected chi connectivity index (χ1v) is 8.53. The summed E-state index contributed by atoms with van der Waals surface area (Å²) in [6, 6.07) is -2.07. The van der Waals surface area contributed by atoms with Crippen LogP contribution in [-0.4, -0.2) is 73.7 Å². The molecule has 0 saturated carbocycles. The molecule has 0 spiro atoms. The minimum Gasteiger partial charge on any atom is -0.320 e. The van der Waals surface area contributed by atoms with Crippen LogP contribution >= 0.6 is 0 Å². The number of nitrogens with zero attached hydrogens (tertiary/aromatic N) is 2. The van der Waals surface area contributed by atoms with E-state index in [1.54, 1.807) is 7.05 Å². The number of piperidine rings is 1. The molecule has 2 rings (SSSR count). The topological polar surface area (TPSA) is 138 Å². The van der Waals surface area contributed by atoms with Crippen LogP contribution in [0.25, 0.3) is 0 Å². The highest BCUT2D eigenvalue weighted by Crippen LogP contribution is 2.30. The molecule has 2 aliphatic heterocycles. The maximum absolute atomic E-state index is 12.1. The molecule has 0 aromatic heterocycles. The number of nitrogens with one attached hydrogen (secondary N) is 2. The zero-order chi connectivity index (χ0) is 17.0. The van der Waals surface area contributed by atoms with Crippen LogP contribution in [0.3, 0.4) is 0 Å². The Morgan fingerprint density at radius 2 is 2.17 bits per heavy atom. The summed E-state index contributed by atoms with van der Waals surface area (Å²) in [6.07, 6.45) is 1.42. The zero-order valence-electron chi connectivity index (χ0n) is 12.6. The van der Waals surface area contributed by atoms with Gasteiger partial charge in [-0.15, -0.1) is 4.28 Å². The van der Waals surface area contributed by atoms with Gasteiger partial charge in [0, 0.05) is 6.54 Å². The van der Waals surface area contributed by atoms with Crippen molar-refractivity contribution in [1.29, 1.82) is 0 Å². The van der Waals surface area contributed by atoms with Crippen LogP contribution in [0.1, 0.15) is 19.3 Å². The monoisotopic (exact) mass is 352 g/mol. The Morgan fingerprint density at radius 1 is 1.43 bits per heavy atom. The van der Waals surface area contributed by atoms with Gasteiger partial charge in [-0.05, 0) is 32.9 Å². The van der Waals surface area contributed by atoms with Gasteiger partial charge in [-0.3, -0.25) is 14.2 Å². The SMILES string of the molecule is CNCCCONC(=O)[C@@H]1CCC2CN1C(=O)N2OS(=O)(=O)O. The third-order valence-electron chi connectivity index (χ3n) is 3.65. The van der Waals surface area contributed by atoms with E-state index >= 15 is 0 Å². The molecule has 0 aliphatic carbocycles. The van der Waals surface area contributed by atoms with Crippen LogP contribution in [0, 0.1) is 0 Å². The molecule has 2 fully saturated rings. The van der Waals surface area contributed by atoms with Gasteiger partial charge in [0.1, 0.15) is 6.04 Å². The first-order valence-electron chi connectivity index (χ1n) is 7.16. The molecule has 2 aliphatic rings. The van der Waals surface area contributed by atoms with Crippen LogP contribution in [0.2, 0.25) is 0 Å². The van der Waals surface area contributed by atoms with Gasteiger partial charge >= 0.3 is 16.4 Å². The lowest BCUT2D eigenvalue weighted by Crippen LogP contribution is -2.49. The molecule has 3 amide bonds. The second kappa shape index (κ2) is 7.40. The van der Waals surface area contributed by atoms with Crippen molar-refractivity contribution in [3.63, 3.8) is 0 Å². The van der Waals surface area contributed by atoms with E-state index in [-0.39, 0.29) is 6.54 Å². The van der Waals surface area contributed by atoms with Crippen molar-refractivity contribution in [2.75, 3.05) is 26.7 Å². The second-order valence-electron chi connectivity index (χ2n) is 5.28. The van der Waals surface area contributed by atoms with E-state index in [9.17, 15) is 18.0 Å². The van der Waals surface area contributed by atoms with Crippen LogP contribution in [-0.2, 0) is 24.3 Å². The highest BCUT2D eigenvalue weighted by Gasteiger charge is 2.49. The summed E-state index contributed by atoms with van der Waals surface area (Å²) >= 11 is 0. The Kier molecular flexibility index (Phi) is 5.75. The zero-order valence-corrected chi connectivity index (χ0v) is 13.4. The lowest BCUT2D eigenvalue weighted by atomic mass is 10.0. The predicted octanol–water partition coefficient (Wildman–Crippen LogP) is -1.35. The van der Waals surface area contributed by atoms with E-state index in [1.165, 1.54) is 4.90 Å². The van der Waals surface area contributed by atoms with E-state index in [4.69, 9.17) is 9.39 Å². The van der Waals surface area contributed by atoms with Crippen LogP contribution in [0.15, 0.2) is 0 Å². The molecule has 1 unspecified atom stereocenters. The quantitative estimate of drug-likeness (QED) is 0.277. The van der Waals surface area contributed by atoms with E-state index in [0.29, 0.717) is 30.9 Å². The molecule has 0 aromatic carbocycles. The number of urea groups is 1. The Labute approximate surface area is 133 Å². The summed E-state index contributed by atoms with van der Waals surface area (Å²) in [5, 5.41) is 3.53. The van der Waals surface area contributed by atoms with Crippen LogP contribution in [0.5, 0.6) is 0 Å². The van der Waals surface area contributed by atoms with Gasteiger partial charge < -0.3 is 10.2 Å². The molecule has 12 heteroatoms. The van der Waals surface area contributed by atoms with Gasteiger partial charge in [0.15, 0.2) is 0 Å². The third kappa shape index (κ3) is 4.51. The highest BCUT2D eigenvalue weighted by molar-refractivity contribution is 7.80. The third-order valence-corrected chi connectivity index (χ3v) is 3.99. The molecule has 2 heterocycles. The summed E-state index contributed by atoms with van der Waals surface area (Å²) in [7, 11) is -2.99. The minimum absolute atomic E-state index is 0.145. The van der Waals surface area contributed by atoms with Gasteiger partial charge in [-0.2, -0.15) is 13.5 Å². The van der Waals surface area contributed by atoms with Gasteiger partial charge in [-0.25, -0.2) is 10.3 Å². The van der Waals surface area contributed by atoms with E-state index < -0.39 is 34.4 Å². The van der Waals surface area contributed by atoms with E-state index in [1.807, 2.05) is 0 Å². The summed E-state index contributed by atoms with van der Waals surface area (Å²) in [5.41, 5.74) is 2.29. The van der Waals surface area contributed by atoms with E-state index in [0.717, 1.165) is 6.54 Å². The number of carbonyl (C=O) groups is 2. The fraction of sp³-hybridized carbons (Fsp3) is 0.818. The van der Waals surface area contributed by atoms with Crippen molar-refractivity contribution in [1.82, 2.24) is 20.8 Å². The molecular weight excluding hydrogens is 332 g/mol. The summed E-state index contributed by atoms with van der Waals surface area (Å²) < 4.78 is 34.6. The number of hydroxylamine groups is 3. The number of hydrogen-bond donors (Lipinski definition) is 3. The molecule has 0 radical (unpaired) electrons. The molecule has 23 heavy (non-hydrogen) atoms. The average Bonchev–Trinajstić information content (AvgIpc) is 2.71. The van der Waals surface area contributed by atoms with Crippen LogP contribution < -0.4 is 10.8 Å². The van der Waals surface area contributed by atoms with Crippen molar-refractivity contribution in [3.05, 3.63) is 0 Å². The fourth-order valence-electron chi connectivity index (χ4n) is 2.62. The van der Waals surface area contributed by atoms with Crippen molar-refractivity contribution in [3.8, 4) is 0 Å². The Balaban J connectivity index is 1.89. The molecule has 2 bridgehead atoms. The minimum atomic E-state index is -4.79. The second-order valence-corrected chi connectivity index (χ2v) is 6.29. The number of hydrogen-bond acceptors (Lipinski definition) is 7. The van der Waals surface area contributed by atoms with Gasteiger partial charge in [-0.1, -0.05) is 0 Å². The first-order chi connectivity index (χ1) is 10.8. The van der Waals surface area contributed by atoms with Crippen molar-refractivity contribution < 1.29 is 31.7 Å². The number of rotatable bonds is 8. The summed E-state index contributed by atoms with van der Waals surface area (Å²) in [6.45, 7) is 1.22. The maximum Gasteiger partial charge on any atom is 0.418 e. The summed E-state index contributed by atoms with van der Waals surface area (Å²) in [4.78, 5) is 30.4. The molecule has 132 valence electrons. The maximum atomic E-state index is 12.1. The molecule has 11 nitrogen and oxygen atoms in total. The Morgan fingerprint density at radius 3 is 2.83 bits per heavy atom.